The van der Waals surface area contributed by atoms with Crippen molar-refractivity contribution in [2.45, 2.75) is 32.7 Å². The average Bonchev–Trinajstić information content (AvgIpc) is 3.17. The molecule has 1 N–H and O–H groups in total. The lowest BCUT2D eigenvalue weighted by Crippen LogP contribution is -2.51. The highest BCUT2D eigenvalue weighted by molar-refractivity contribution is 6.30. The first-order valence-electron chi connectivity index (χ1n) is 9.82. The van der Waals surface area contributed by atoms with Gasteiger partial charge in [0.05, 0.1) is 19.4 Å². The molecule has 7 heteroatoms. The van der Waals surface area contributed by atoms with Crippen LogP contribution in [0.25, 0.3) is 11.3 Å². The van der Waals surface area contributed by atoms with Gasteiger partial charge in [-0.3, -0.25) is 9.69 Å². The molecular formula is C21H28ClN3O3. The number of ether oxygens (including phenoxy) is 1. The SMILES string of the molecule is CC(C)C(CNC(=O)CCc1ncc(-c2ccc(Cl)cc2)o1)N1CCOCC1. The summed E-state index contributed by atoms with van der Waals surface area (Å²) in [6, 6.07) is 7.72. The Bertz CT molecular complexity index is 755. The number of benzene rings is 1. The smallest absolute Gasteiger partial charge is 0.220 e. The predicted octanol–water partition coefficient (Wildman–Crippen LogP) is 3.40. The molecule has 3 rings (SSSR count). The van der Waals surface area contributed by atoms with Gasteiger partial charge >= 0.3 is 0 Å². The van der Waals surface area contributed by atoms with Crippen LogP contribution in [0.1, 0.15) is 26.2 Å². The summed E-state index contributed by atoms with van der Waals surface area (Å²) in [5.41, 5.74) is 0.915. The van der Waals surface area contributed by atoms with Gasteiger partial charge in [0.1, 0.15) is 0 Å². The van der Waals surface area contributed by atoms with E-state index < -0.39 is 0 Å². The molecule has 1 unspecified atom stereocenters. The van der Waals surface area contributed by atoms with E-state index in [0.717, 1.165) is 31.9 Å². The molecule has 2 heterocycles. The van der Waals surface area contributed by atoms with Crippen molar-refractivity contribution in [2.24, 2.45) is 5.92 Å². The average molecular weight is 406 g/mol. The third-order valence-electron chi connectivity index (χ3n) is 5.04. The van der Waals surface area contributed by atoms with Crippen molar-refractivity contribution in [3.63, 3.8) is 0 Å². The standard InChI is InChI=1S/C21H28ClN3O3/c1-15(2)18(25-9-11-27-12-10-25)13-23-20(26)7-8-21-24-14-19(28-21)16-3-5-17(22)6-4-16/h3-6,14-15,18H,7-13H2,1-2H3,(H,23,26). The highest BCUT2D eigenvalue weighted by atomic mass is 35.5. The van der Waals surface area contributed by atoms with Crippen molar-refractivity contribution in [1.29, 1.82) is 0 Å². The number of rotatable bonds is 8. The fraction of sp³-hybridized carbons (Fsp3) is 0.524. The van der Waals surface area contributed by atoms with Crippen LogP contribution in [0.2, 0.25) is 5.02 Å². The van der Waals surface area contributed by atoms with Gasteiger partial charge in [-0.25, -0.2) is 4.98 Å². The monoisotopic (exact) mass is 405 g/mol. The van der Waals surface area contributed by atoms with Crippen LogP contribution in [0.15, 0.2) is 34.9 Å². The van der Waals surface area contributed by atoms with Gasteiger partial charge in [0.15, 0.2) is 11.7 Å². The third kappa shape index (κ3) is 5.80. The lowest BCUT2D eigenvalue weighted by atomic mass is 10.0. The van der Waals surface area contributed by atoms with E-state index in [2.05, 4.69) is 29.0 Å². The summed E-state index contributed by atoms with van der Waals surface area (Å²) in [6.07, 6.45) is 2.52. The molecule has 152 valence electrons. The summed E-state index contributed by atoms with van der Waals surface area (Å²) in [5, 5.41) is 3.75. The molecule has 1 aromatic heterocycles. The van der Waals surface area contributed by atoms with E-state index >= 15 is 0 Å². The van der Waals surface area contributed by atoms with Gasteiger partial charge in [-0.1, -0.05) is 25.4 Å². The topological polar surface area (TPSA) is 67.6 Å². The van der Waals surface area contributed by atoms with Crippen molar-refractivity contribution in [2.75, 3.05) is 32.8 Å². The molecule has 28 heavy (non-hydrogen) atoms. The molecule has 0 radical (unpaired) electrons. The number of halogens is 1. The Labute approximate surface area is 171 Å². The summed E-state index contributed by atoms with van der Waals surface area (Å²) < 4.78 is 11.2. The lowest BCUT2D eigenvalue weighted by molar-refractivity contribution is -0.121. The molecule has 0 bridgehead atoms. The zero-order valence-corrected chi connectivity index (χ0v) is 17.2. The maximum Gasteiger partial charge on any atom is 0.220 e. The predicted molar refractivity (Wildman–Crippen MR) is 109 cm³/mol. The summed E-state index contributed by atoms with van der Waals surface area (Å²) in [4.78, 5) is 19.0. The minimum Gasteiger partial charge on any atom is -0.441 e. The molecule has 1 aliphatic heterocycles. The van der Waals surface area contributed by atoms with Crippen LogP contribution in [0.4, 0.5) is 0 Å². The number of carbonyl (C=O) groups excluding carboxylic acids is 1. The molecule has 0 spiro atoms. The number of amides is 1. The second-order valence-corrected chi connectivity index (χ2v) is 7.83. The quantitative estimate of drug-likeness (QED) is 0.729. The zero-order chi connectivity index (χ0) is 19.9. The van der Waals surface area contributed by atoms with Crippen LogP contribution in [-0.2, 0) is 16.0 Å². The molecule has 0 saturated carbocycles. The highest BCUT2D eigenvalue weighted by Gasteiger charge is 2.24. The van der Waals surface area contributed by atoms with E-state index in [-0.39, 0.29) is 5.91 Å². The van der Waals surface area contributed by atoms with Crippen molar-refractivity contribution >= 4 is 17.5 Å². The molecule has 2 aromatic rings. The minimum absolute atomic E-state index is 0.0187. The summed E-state index contributed by atoms with van der Waals surface area (Å²) in [7, 11) is 0. The van der Waals surface area contributed by atoms with E-state index in [1.54, 1.807) is 6.20 Å². The van der Waals surface area contributed by atoms with Crippen LogP contribution in [0.3, 0.4) is 0 Å². The Morgan fingerprint density at radius 1 is 1.25 bits per heavy atom. The molecule has 6 nitrogen and oxygen atoms in total. The normalized spacial score (nSPS) is 16.3. The van der Waals surface area contributed by atoms with E-state index in [0.29, 0.717) is 48.0 Å². The van der Waals surface area contributed by atoms with E-state index in [9.17, 15) is 4.79 Å². The van der Waals surface area contributed by atoms with Crippen molar-refractivity contribution < 1.29 is 13.9 Å². The second kappa shape index (κ2) is 10.0. The number of morpholine rings is 1. The minimum atomic E-state index is 0.0187. The first-order chi connectivity index (χ1) is 13.5. The maximum absolute atomic E-state index is 12.3. The number of aryl methyl sites for hydroxylation is 1. The number of aromatic nitrogens is 1. The number of carbonyl (C=O) groups is 1. The number of hydrogen-bond donors (Lipinski definition) is 1. The van der Waals surface area contributed by atoms with Crippen LogP contribution >= 0.6 is 11.6 Å². The van der Waals surface area contributed by atoms with E-state index in [1.165, 1.54) is 0 Å². The summed E-state index contributed by atoms with van der Waals surface area (Å²) in [6.45, 7) is 8.40. The van der Waals surface area contributed by atoms with Gasteiger partial charge in [0.25, 0.3) is 0 Å². The third-order valence-corrected chi connectivity index (χ3v) is 5.29. The second-order valence-electron chi connectivity index (χ2n) is 7.39. The molecule has 1 amide bonds. The molecule has 1 aliphatic rings. The Morgan fingerprint density at radius 3 is 2.64 bits per heavy atom. The highest BCUT2D eigenvalue weighted by Crippen LogP contribution is 2.22. The van der Waals surface area contributed by atoms with Gasteiger partial charge in [0.2, 0.25) is 5.91 Å². The Kier molecular flexibility index (Phi) is 7.48. The molecular weight excluding hydrogens is 378 g/mol. The number of nitrogens with zero attached hydrogens (tertiary/aromatic N) is 2. The molecule has 1 atom stereocenters. The fourth-order valence-electron chi connectivity index (χ4n) is 3.40. The van der Waals surface area contributed by atoms with Gasteiger partial charge < -0.3 is 14.5 Å². The molecule has 1 saturated heterocycles. The molecule has 1 aromatic carbocycles. The van der Waals surface area contributed by atoms with Crippen LogP contribution < -0.4 is 5.32 Å². The van der Waals surface area contributed by atoms with Gasteiger partial charge in [-0.05, 0) is 30.2 Å². The van der Waals surface area contributed by atoms with Gasteiger partial charge in [0, 0.05) is 49.1 Å². The largest absolute Gasteiger partial charge is 0.441 e. The summed E-state index contributed by atoms with van der Waals surface area (Å²) >= 11 is 5.91. The molecule has 1 fully saturated rings. The van der Waals surface area contributed by atoms with Crippen molar-refractivity contribution in [1.82, 2.24) is 15.2 Å². The van der Waals surface area contributed by atoms with Crippen LogP contribution in [0, 0.1) is 5.92 Å². The number of oxazole rings is 1. The van der Waals surface area contributed by atoms with Crippen LogP contribution in [0.5, 0.6) is 0 Å². The lowest BCUT2D eigenvalue weighted by Gasteiger charge is -2.36. The van der Waals surface area contributed by atoms with Crippen LogP contribution in [-0.4, -0.2) is 54.7 Å². The van der Waals surface area contributed by atoms with E-state index in [4.69, 9.17) is 20.8 Å². The Balaban J connectivity index is 1.46. The number of nitrogens with one attached hydrogen (secondary N) is 1. The summed E-state index contributed by atoms with van der Waals surface area (Å²) in [5.74, 6) is 1.73. The maximum atomic E-state index is 12.3. The fourth-order valence-corrected chi connectivity index (χ4v) is 3.52. The van der Waals surface area contributed by atoms with Gasteiger partial charge in [-0.15, -0.1) is 0 Å². The number of hydrogen-bond acceptors (Lipinski definition) is 5. The zero-order valence-electron chi connectivity index (χ0n) is 16.5. The molecule has 0 aliphatic carbocycles. The Morgan fingerprint density at radius 2 is 1.96 bits per heavy atom. The van der Waals surface area contributed by atoms with Gasteiger partial charge in [-0.2, -0.15) is 0 Å². The van der Waals surface area contributed by atoms with Crippen molar-refractivity contribution in [3.05, 3.63) is 41.4 Å². The van der Waals surface area contributed by atoms with Crippen molar-refractivity contribution in [3.8, 4) is 11.3 Å². The van der Waals surface area contributed by atoms with E-state index in [1.807, 2.05) is 24.3 Å². The first kappa shape index (κ1) is 20.8. The first-order valence-corrected chi connectivity index (χ1v) is 10.2. The Hall–Kier alpha value is -1.89.